The lowest BCUT2D eigenvalue weighted by Crippen LogP contribution is -2.25. The first-order valence-corrected chi connectivity index (χ1v) is 7.54. The Balaban J connectivity index is 2.15. The summed E-state index contributed by atoms with van der Waals surface area (Å²) >= 11 is 0. The smallest absolute Gasteiger partial charge is 0.258 e. The van der Waals surface area contributed by atoms with Gasteiger partial charge in [0.05, 0.1) is 19.9 Å². The largest absolute Gasteiger partial charge is 0.497 e. The average Bonchev–Trinajstić information content (AvgIpc) is 2.86. The van der Waals surface area contributed by atoms with E-state index in [-0.39, 0.29) is 5.91 Å². The number of carbonyl (C=O) groups is 1. The maximum Gasteiger partial charge on any atom is 0.258 e. The van der Waals surface area contributed by atoms with E-state index in [0.29, 0.717) is 17.9 Å². The van der Waals surface area contributed by atoms with Gasteiger partial charge in [-0.15, -0.1) is 0 Å². The number of carbonyl (C=O) groups excluding carboxylic acids is 1. The Bertz CT molecular complexity index is 780. The molecular weight excluding hydrogens is 290 g/mol. The average molecular weight is 309 g/mol. The molecule has 2 aromatic rings. The number of anilines is 1. The zero-order chi connectivity index (χ0) is 16.4. The number of para-hydroxylation sites is 1. The van der Waals surface area contributed by atoms with Crippen molar-refractivity contribution >= 4 is 23.2 Å². The summed E-state index contributed by atoms with van der Waals surface area (Å²) in [5, 5.41) is 0. The van der Waals surface area contributed by atoms with Gasteiger partial charge in [-0.2, -0.15) is 0 Å². The summed E-state index contributed by atoms with van der Waals surface area (Å²) in [6.45, 7) is 2.62. The van der Waals surface area contributed by atoms with Gasteiger partial charge in [0.1, 0.15) is 11.5 Å². The number of amides is 1. The van der Waals surface area contributed by atoms with Gasteiger partial charge in [0.25, 0.3) is 5.91 Å². The molecule has 0 aliphatic carbocycles. The van der Waals surface area contributed by atoms with Crippen molar-refractivity contribution in [2.24, 2.45) is 0 Å². The molecule has 0 unspecified atom stereocenters. The fourth-order valence-electron chi connectivity index (χ4n) is 2.87. The third-order valence-electron chi connectivity index (χ3n) is 4.01. The van der Waals surface area contributed by atoms with E-state index < -0.39 is 0 Å². The van der Waals surface area contributed by atoms with Gasteiger partial charge in [-0.05, 0) is 37.3 Å². The Morgan fingerprint density at radius 3 is 2.57 bits per heavy atom. The van der Waals surface area contributed by atoms with Crippen LogP contribution in [0, 0.1) is 0 Å². The van der Waals surface area contributed by atoms with Crippen LogP contribution in [0.5, 0.6) is 11.5 Å². The normalized spacial score (nSPS) is 15.0. The molecule has 118 valence electrons. The van der Waals surface area contributed by atoms with Crippen LogP contribution in [0.3, 0.4) is 0 Å². The minimum Gasteiger partial charge on any atom is -0.497 e. The fourth-order valence-corrected chi connectivity index (χ4v) is 2.87. The molecule has 1 amide bonds. The molecule has 4 heteroatoms. The maximum absolute atomic E-state index is 12.7. The predicted octanol–water partition coefficient (Wildman–Crippen LogP) is 3.61. The van der Waals surface area contributed by atoms with Crippen molar-refractivity contribution in [3.05, 3.63) is 53.6 Å². The van der Waals surface area contributed by atoms with Crippen LogP contribution in [-0.2, 0) is 4.79 Å². The molecule has 0 aromatic heterocycles. The number of nitrogens with zero attached hydrogens (tertiary/aromatic N) is 1. The molecule has 3 rings (SSSR count). The van der Waals surface area contributed by atoms with Gasteiger partial charge in [-0.3, -0.25) is 4.79 Å². The third-order valence-corrected chi connectivity index (χ3v) is 4.01. The highest BCUT2D eigenvalue weighted by Crippen LogP contribution is 2.38. The second kappa shape index (κ2) is 6.16. The van der Waals surface area contributed by atoms with Crippen LogP contribution in [0.1, 0.15) is 18.1 Å². The zero-order valence-electron chi connectivity index (χ0n) is 13.5. The lowest BCUT2D eigenvalue weighted by Gasteiger charge is -2.13. The van der Waals surface area contributed by atoms with Crippen LogP contribution in [0.4, 0.5) is 5.69 Å². The van der Waals surface area contributed by atoms with Crippen LogP contribution < -0.4 is 14.4 Å². The number of hydrogen-bond acceptors (Lipinski definition) is 3. The fraction of sp³-hybridized carbons (Fsp3) is 0.211. The van der Waals surface area contributed by atoms with E-state index in [2.05, 4.69) is 0 Å². The Morgan fingerprint density at radius 1 is 1.09 bits per heavy atom. The van der Waals surface area contributed by atoms with Crippen LogP contribution in [0.15, 0.2) is 42.5 Å². The van der Waals surface area contributed by atoms with E-state index >= 15 is 0 Å². The summed E-state index contributed by atoms with van der Waals surface area (Å²) in [6.07, 6.45) is 1.87. The number of benzene rings is 2. The van der Waals surface area contributed by atoms with Crippen LogP contribution >= 0.6 is 0 Å². The molecule has 23 heavy (non-hydrogen) atoms. The quantitative estimate of drug-likeness (QED) is 0.810. The molecule has 4 nitrogen and oxygen atoms in total. The third kappa shape index (κ3) is 2.57. The maximum atomic E-state index is 12.7. The van der Waals surface area contributed by atoms with Crippen LogP contribution in [0.25, 0.3) is 11.6 Å². The molecule has 0 fully saturated rings. The summed E-state index contributed by atoms with van der Waals surface area (Å²) in [5.74, 6) is 1.45. The van der Waals surface area contributed by atoms with Crippen molar-refractivity contribution in [1.29, 1.82) is 0 Å². The Morgan fingerprint density at radius 2 is 1.87 bits per heavy atom. The van der Waals surface area contributed by atoms with Crippen molar-refractivity contribution in [2.45, 2.75) is 6.92 Å². The number of rotatable bonds is 4. The van der Waals surface area contributed by atoms with E-state index in [9.17, 15) is 4.79 Å². The second-order valence-electron chi connectivity index (χ2n) is 5.23. The van der Waals surface area contributed by atoms with Gasteiger partial charge in [0.2, 0.25) is 0 Å². The van der Waals surface area contributed by atoms with Crippen molar-refractivity contribution in [3.8, 4) is 11.5 Å². The lowest BCUT2D eigenvalue weighted by molar-refractivity contribution is -0.112. The molecule has 1 aliphatic heterocycles. The summed E-state index contributed by atoms with van der Waals surface area (Å²) < 4.78 is 10.7. The summed E-state index contributed by atoms with van der Waals surface area (Å²) in [7, 11) is 3.24. The number of ether oxygens (including phenoxy) is 2. The SMILES string of the molecule is CCN1C(=O)/C(=C\c2cc(OC)ccc2OC)c2ccccc21. The summed E-state index contributed by atoms with van der Waals surface area (Å²) in [5.41, 5.74) is 3.40. The molecule has 1 aliphatic rings. The van der Waals surface area contributed by atoms with E-state index in [4.69, 9.17) is 9.47 Å². The van der Waals surface area contributed by atoms with E-state index in [1.165, 1.54) is 0 Å². The molecular formula is C19H19NO3. The van der Waals surface area contributed by atoms with E-state index in [0.717, 1.165) is 22.6 Å². The number of hydrogen-bond donors (Lipinski definition) is 0. The minimum absolute atomic E-state index is 0.0126. The number of methoxy groups -OCH3 is 2. The number of likely N-dealkylation sites (N-methyl/N-ethyl adjacent to an activating group) is 1. The highest BCUT2D eigenvalue weighted by molar-refractivity contribution is 6.35. The minimum atomic E-state index is 0.0126. The molecule has 0 saturated heterocycles. The first-order chi connectivity index (χ1) is 11.2. The molecule has 2 aromatic carbocycles. The van der Waals surface area contributed by atoms with Crippen LogP contribution in [-0.4, -0.2) is 26.7 Å². The summed E-state index contributed by atoms with van der Waals surface area (Å²) in [4.78, 5) is 14.5. The lowest BCUT2D eigenvalue weighted by atomic mass is 10.0. The highest BCUT2D eigenvalue weighted by Gasteiger charge is 2.30. The monoisotopic (exact) mass is 309 g/mol. The van der Waals surface area contributed by atoms with E-state index in [1.807, 2.05) is 55.5 Å². The van der Waals surface area contributed by atoms with Gasteiger partial charge < -0.3 is 14.4 Å². The molecule has 0 atom stereocenters. The first kappa shape index (κ1) is 15.2. The Labute approximate surface area is 135 Å². The second-order valence-corrected chi connectivity index (χ2v) is 5.23. The first-order valence-electron chi connectivity index (χ1n) is 7.54. The number of fused-ring (bicyclic) bond motifs is 1. The summed E-state index contributed by atoms with van der Waals surface area (Å²) in [6, 6.07) is 13.4. The topological polar surface area (TPSA) is 38.8 Å². The van der Waals surface area contributed by atoms with Gasteiger partial charge in [0.15, 0.2) is 0 Å². The van der Waals surface area contributed by atoms with Crippen molar-refractivity contribution in [2.75, 3.05) is 25.7 Å². The standard InChI is InChI=1S/C19H19NO3/c1-4-20-17-8-6-5-7-15(17)16(19(20)21)12-13-11-14(22-2)9-10-18(13)23-3/h5-12H,4H2,1-3H3/b16-12-. The zero-order valence-corrected chi connectivity index (χ0v) is 13.5. The van der Waals surface area contributed by atoms with Gasteiger partial charge in [0, 0.05) is 23.2 Å². The van der Waals surface area contributed by atoms with E-state index in [1.54, 1.807) is 19.1 Å². The molecule has 0 bridgehead atoms. The molecule has 0 radical (unpaired) electrons. The Hall–Kier alpha value is -2.75. The molecule has 0 N–H and O–H groups in total. The van der Waals surface area contributed by atoms with Crippen molar-refractivity contribution in [3.63, 3.8) is 0 Å². The highest BCUT2D eigenvalue weighted by atomic mass is 16.5. The van der Waals surface area contributed by atoms with Gasteiger partial charge >= 0.3 is 0 Å². The Kier molecular flexibility index (Phi) is 4.06. The van der Waals surface area contributed by atoms with Crippen molar-refractivity contribution in [1.82, 2.24) is 0 Å². The van der Waals surface area contributed by atoms with Crippen molar-refractivity contribution < 1.29 is 14.3 Å². The van der Waals surface area contributed by atoms with Gasteiger partial charge in [-0.1, -0.05) is 18.2 Å². The molecule has 0 saturated carbocycles. The van der Waals surface area contributed by atoms with Gasteiger partial charge in [-0.25, -0.2) is 0 Å². The molecule has 0 spiro atoms. The predicted molar refractivity (Wildman–Crippen MR) is 91.9 cm³/mol. The van der Waals surface area contributed by atoms with Crippen LogP contribution in [0.2, 0.25) is 0 Å². The molecule has 1 heterocycles.